The Labute approximate surface area is 104 Å². The molecule has 1 saturated carbocycles. The van der Waals surface area contributed by atoms with Gasteiger partial charge in [-0.2, -0.15) is 0 Å². The lowest BCUT2D eigenvalue weighted by Crippen LogP contribution is -2.29. The van der Waals surface area contributed by atoms with Crippen LogP contribution in [0, 0.1) is 18.8 Å². The molecule has 1 fully saturated rings. The van der Waals surface area contributed by atoms with Crippen LogP contribution >= 0.6 is 0 Å². The van der Waals surface area contributed by atoms with Gasteiger partial charge in [0.1, 0.15) is 11.5 Å². The van der Waals surface area contributed by atoms with Gasteiger partial charge < -0.3 is 14.9 Å². The van der Waals surface area contributed by atoms with Crippen molar-refractivity contribution in [3.63, 3.8) is 0 Å². The quantitative estimate of drug-likeness (QED) is 0.837. The van der Waals surface area contributed by atoms with Gasteiger partial charge in [0.2, 0.25) is 5.91 Å². The number of nitrogens with one attached hydrogen (secondary N) is 1. The van der Waals surface area contributed by atoms with E-state index >= 15 is 0 Å². The van der Waals surface area contributed by atoms with E-state index in [1.165, 1.54) is 0 Å². The van der Waals surface area contributed by atoms with Crippen molar-refractivity contribution in [3.8, 4) is 0 Å². The predicted molar refractivity (Wildman–Crippen MR) is 61.6 cm³/mol. The second-order valence-electron chi connectivity index (χ2n) is 4.69. The van der Waals surface area contributed by atoms with Crippen LogP contribution in [0.1, 0.15) is 30.7 Å². The van der Waals surface area contributed by atoms with Crippen LogP contribution < -0.4 is 5.32 Å². The first-order valence-electron chi connectivity index (χ1n) is 5.99. The summed E-state index contributed by atoms with van der Waals surface area (Å²) in [6, 6.07) is 1.76. The maximum atomic E-state index is 11.8. The number of rotatable bonds is 4. The molecule has 0 unspecified atom stereocenters. The number of carbonyl (C=O) groups excluding carboxylic acids is 1. The van der Waals surface area contributed by atoms with E-state index in [0.717, 1.165) is 0 Å². The summed E-state index contributed by atoms with van der Waals surface area (Å²) in [6.07, 6.45) is 1.65. The average molecular weight is 252 g/mol. The first kappa shape index (κ1) is 12.6. The molecule has 2 atom stereocenters. The molecule has 1 aromatic heterocycles. The molecule has 1 aromatic rings. The molecule has 2 rings (SSSR count). The van der Waals surface area contributed by atoms with E-state index in [1.54, 1.807) is 13.0 Å². The smallest absolute Gasteiger partial charge is 0.306 e. The first-order valence-corrected chi connectivity index (χ1v) is 5.99. The number of hydrogen-bond donors (Lipinski definition) is 2. The van der Waals surface area contributed by atoms with E-state index in [1.807, 2.05) is 0 Å². The highest BCUT2D eigenvalue weighted by Crippen LogP contribution is 2.31. The largest absolute Gasteiger partial charge is 0.481 e. The van der Waals surface area contributed by atoms with Crippen molar-refractivity contribution >= 4 is 11.9 Å². The van der Waals surface area contributed by atoms with Crippen molar-refractivity contribution < 1.29 is 19.2 Å². The predicted octanol–water partition coefficient (Wildman–Crippen LogP) is 1.10. The summed E-state index contributed by atoms with van der Waals surface area (Å²) in [5.41, 5.74) is 0.675. The monoisotopic (exact) mass is 252 g/mol. The number of carbonyl (C=O) groups is 2. The van der Waals surface area contributed by atoms with Crippen molar-refractivity contribution in [1.82, 2.24) is 10.5 Å². The highest BCUT2D eigenvalue weighted by atomic mass is 16.5. The Balaban J connectivity index is 1.80. The molecule has 1 aliphatic carbocycles. The highest BCUT2D eigenvalue weighted by molar-refractivity contribution is 5.80. The number of aromatic nitrogens is 1. The zero-order chi connectivity index (χ0) is 13.1. The molecular weight excluding hydrogens is 236 g/mol. The van der Waals surface area contributed by atoms with E-state index in [9.17, 15) is 9.59 Å². The molecule has 1 amide bonds. The van der Waals surface area contributed by atoms with E-state index in [2.05, 4.69) is 10.5 Å². The normalized spacial score (nSPS) is 22.9. The van der Waals surface area contributed by atoms with Crippen LogP contribution in [-0.4, -0.2) is 22.1 Å². The second kappa shape index (κ2) is 5.20. The number of amides is 1. The van der Waals surface area contributed by atoms with Gasteiger partial charge in [-0.15, -0.1) is 0 Å². The summed E-state index contributed by atoms with van der Waals surface area (Å²) in [5, 5.41) is 15.4. The maximum Gasteiger partial charge on any atom is 0.306 e. The van der Waals surface area contributed by atoms with Crippen LogP contribution in [0.25, 0.3) is 0 Å². The van der Waals surface area contributed by atoms with Gasteiger partial charge in [-0.1, -0.05) is 5.16 Å². The summed E-state index contributed by atoms with van der Waals surface area (Å²) < 4.78 is 4.89. The minimum Gasteiger partial charge on any atom is -0.481 e. The topological polar surface area (TPSA) is 92.4 Å². The minimum atomic E-state index is -0.808. The highest BCUT2D eigenvalue weighted by Gasteiger charge is 2.33. The van der Waals surface area contributed by atoms with Gasteiger partial charge in [0.25, 0.3) is 0 Å². The molecule has 18 heavy (non-hydrogen) atoms. The summed E-state index contributed by atoms with van der Waals surface area (Å²) in [5.74, 6) is -0.781. The van der Waals surface area contributed by atoms with Crippen LogP contribution in [-0.2, 0) is 16.1 Å². The third-order valence-electron chi connectivity index (χ3n) is 3.27. The lowest BCUT2D eigenvalue weighted by atomic mass is 10.0. The fraction of sp³-hybridized carbons (Fsp3) is 0.583. The molecule has 0 aliphatic heterocycles. The van der Waals surface area contributed by atoms with Gasteiger partial charge in [-0.25, -0.2) is 0 Å². The van der Waals surface area contributed by atoms with Crippen molar-refractivity contribution in [3.05, 3.63) is 17.5 Å². The average Bonchev–Trinajstić information content (AvgIpc) is 2.94. The van der Waals surface area contributed by atoms with Crippen LogP contribution in [0.3, 0.4) is 0 Å². The molecule has 0 saturated heterocycles. The molecule has 98 valence electrons. The molecule has 2 N–H and O–H groups in total. The Morgan fingerprint density at radius 1 is 1.50 bits per heavy atom. The standard InChI is InChI=1S/C12H16N2O4/c1-7-4-10(14-18-7)6-13-11(15)8-2-3-9(5-8)12(16)17/h4,8-9H,2-3,5-6H2,1H3,(H,13,15)(H,16,17)/t8-,9+/m1/s1. The zero-order valence-corrected chi connectivity index (χ0v) is 10.2. The number of nitrogens with zero attached hydrogens (tertiary/aromatic N) is 1. The molecule has 1 heterocycles. The molecular formula is C12H16N2O4. The fourth-order valence-corrected chi connectivity index (χ4v) is 2.27. The third-order valence-corrected chi connectivity index (χ3v) is 3.27. The van der Waals surface area contributed by atoms with E-state index in [4.69, 9.17) is 9.63 Å². The van der Waals surface area contributed by atoms with Gasteiger partial charge in [-0.05, 0) is 26.2 Å². The minimum absolute atomic E-state index is 0.0978. The SMILES string of the molecule is Cc1cc(CNC(=O)[C@@H]2CC[C@H](C(=O)O)C2)no1. The number of carboxylic acids is 1. The number of carboxylic acid groups (broad SMARTS) is 1. The molecule has 0 aromatic carbocycles. The molecule has 0 spiro atoms. The van der Waals surface area contributed by atoms with E-state index in [0.29, 0.717) is 37.3 Å². The van der Waals surface area contributed by atoms with Crippen LogP contribution in [0.2, 0.25) is 0 Å². The van der Waals surface area contributed by atoms with Gasteiger partial charge in [0.15, 0.2) is 0 Å². The Morgan fingerprint density at radius 3 is 2.78 bits per heavy atom. The third kappa shape index (κ3) is 2.88. The molecule has 6 heteroatoms. The van der Waals surface area contributed by atoms with Gasteiger partial charge >= 0.3 is 5.97 Å². The Kier molecular flexibility index (Phi) is 3.64. The lowest BCUT2D eigenvalue weighted by Gasteiger charge is -2.09. The Morgan fingerprint density at radius 2 is 2.22 bits per heavy atom. The van der Waals surface area contributed by atoms with Crippen molar-refractivity contribution in [2.75, 3.05) is 0 Å². The second-order valence-corrected chi connectivity index (χ2v) is 4.69. The van der Waals surface area contributed by atoms with Gasteiger partial charge in [0, 0.05) is 12.0 Å². The summed E-state index contributed by atoms with van der Waals surface area (Å²) in [6.45, 7) is 2.11. The van der Waals surface area contributed by atoms with Crippen LogP contribution in [0.15, 0.2) is 10.6 Å². The van der Waals surface area contributed by atoms with Crippen LogP contribution in [0.5, 0.6) is 0 Å². The maximum absolute atomic E-state index is 11.8. The molecule has 0 radical (unpaired) electrons. The lowest BCUT2D eigenvalue weighted by molar-refractivity contribution is -0.141. The summed E-state index contributed by atoms with van der Waals surface area (Å²) in [7, 11) is 0. The Hall–Kier alpha value is -1.85. The van der Waals surface area contributed by atoms with Gasteiger partial charge in [-0.3, -0.25) is 9.59 Å². The van der Waals surface area contributed by atoms with Crippen LogP contribution in [0.4, 0.5) is 0 Å². The number of hydrogen-bond acceptors (Lipinski definition) is 4. The van der Waals surface area contributed by atoms with Crippen molar-refractivity contribution in [1.29, 1.82) is 0 Å². The number of aryl methyl sites for hydroxylation is 1. The molecule has 6 nitrogen and oxygen atoms in total. The van der Waals surface area contributed by atoms with Crippen molar-refractivity contribution in [2.45, 2.75) is 32.7 Å². The van der Waals surface area contributed by atoms with Gasteiger partial charge in [0.05, 0.1) is 12.5 Å². The Bertz CT molecular complexity index is 455. The van der Waals surface area contributed by atoms with Crippen molar-refractivity contribution in [2.24, 2.45) is 11.8 Å². The first-order chi connectivity index (χ1) is 8.56. The summed E-state index contributed by atoms with van der Waals surface area (Å²) >= 11 is 0. The fourth-order valence-electron chi connectivity index (χ4n) is 2.27. The van der Waals surface area contributed by atoms with E-state index in [-0.39, 0.29) is 17.7 Å². The molecule has 0 bridgehead atoms. The van der Waals surface area contributed by atoms with E-state index < -0.39 is 5.97 Å². The summed E-state index contributed by atoms with van der Waals surface area (Å²) in [4.78, 5) is 22.6. The number of aliphatic carboxylic acids is 1. The molecule has 1 aliphatic rings. The zero-order valence-electron chi connectivity index (χ0n) is 10.2.